The molecule has 0 saturated carbocycles. The molecule has 33 heavy (non-hydrogen) atoms. The Kier molecular flexibility index (Phi) is 6.72. The number of amides is 2. The number of benzene rings is 1. The number of alkyl halides is 2. The van der Waals surface area contributed by atoms with Crippen molar-refractivity contribution in [2.24, 2.45) is 0 Å². The fourth-order valence-electron chi connectivity index (χ4n) is 2.93. The van der Waals surface area contributed by atoms with Gasteiger partial charge in [0.2, 0.25) is 5.88 Å². The normalized spacial score (nSPS) is 12.9. The average molecular weight is 458 g/mol. The van der Waals surface area contributed by atoms with E-state index in [1.807, 2.05) is 0 Å². The van der Waals surface area contributed by atoms with Gasteiger partial charge < -0.3 is 19.7 Å². The Morgan fingerprint density at radius 3 is 2.52 bits per heavy atom. The molecule has 3 aromatic rings. The second-order valence-corrected chi connectivity index (χ2v) is 7.14. The molecule has 4 rings (SSSR count). The summed E-state index contributed by atoms with van der Waals surface area (Å²) in [6.45, 7) is -0.719. The predicted octanol–water partition coefficient (Wildman–Crippen LogP) is 2.78. The Bertz CT molecular complexity index is 1100. The Labute approximate surface area is 186 Å². The topological polar surface area (TPSA) is 122 Å². The molecular weight excluding hydrogens is 438 g/mol. The van der Waals surface area contributed by atoms with Crippen LogP contribution in [0.1, 0.15) is 27.3 Å². The van der Waals surface area contributed by atoms with Crippen LogP contribution >= 0.6 is 0 Å². The fraction of sp³-hybridized carbons (Fsp3) is 0.286. The third-order valence-corrected chi connectivity index (χ3v) is 4.74. The molecule has 1 aliphatic heterocycles. The first-order chi connectivity index (χ1) is 16.1. The quantitative estimate of drug-likeness (QED) is 0.506. The van der Waals surface area contributed by atoms with Crippen molar-refractivity contribution in [3.63, 3.8) is 0 Å². The molecule has 2 N–H and O–H groups in total. The van der Waals surface area contributed by atoms with Crippen molar-refractivity contribution in [3.8, 4) is 17.4 Å². The SMILES string of the molecule is O=C(Nc1cc[nH]n1)c1cc(Oc2cnc(C(=O)N3CCC3)cn2)cc(OC(CF)CF)c1. The zero-order chi connectivity index (χ0) is 23.2. The van der Waals surface area contributed by atoms with Gasteiger partial charge in [-0.1, -0.05) is 0 Å². The van der Waals surface area contributed by atoms with Crippen molar-refractivity contribution >= 4 is 17.6 Å². The number of anilines is 1. The van der Waals surface area contributed by atoms with Gasteiger partial charge in [-0.15, -0.1) is 0 Å². The number of nitrogens with one attached hydrogen (secondary N) is 2. The fourth-order valence-corrected chi connectivity index (χ4v) is 2.93. The molecule has 12 heteroatoms. The Morgan fingerprint density at radius 2 is 1.91 bits per heavy atom. The van der Waals surface area contributed by atoms with Crippen LogP contribution in [0.15, 0.2) is 42.9 Å². The molecule has 1 saturated heterocycles. The lowest BCUT2D eigenvalue weighted by Gasteiger charge is -2.30. The summed E-state index contributed by atoms with van der Waals surface area (Å²) in [7, 11) is 0. The van der Waals surface area contributed by atoms with Gasteiger partial charge in [-0.05, 0) is 18.6 Å². The van der Waals surface area contributed by atoms with Crippen molar-refractivity contribution in [2.45, 2.75) is 12.5 Å². The van der Waals surface area contributed by atoms with Crippen LogP contribution in [0, 0.1) is 0 Å². The van der Waals surface area contributed by atoms with Gasteiger partial charge in [0.1, 0.15) is 30.5 Å². The van der Waals surface area contributed by atoms with Crippen molar-refractivity contribution in [1.82, 2.24) is 25.1 Å². The summed E-state index contributed by atoms with van der Waals surface area (Å²) in [6, 6.07) is 5.64. The minimum atomic E-state index is -1.32. The smallest absolute Gasteiger partial charge is 0.274 e. The second kappa shape index (κ2) is 10.0. The number of aromatic nitrogens is 4. The standard InChI is InChI=1S/C21H20F2N6O4/c22-9-16(10-23)32-14-6-13(20(30)27-18-2-3-26-28-18)7-15(8-14)33-19-12-24-17(11-25-19)21(31)29-4-1-5-29/h2-3,6-8,11-12,16H,1,4-5,9-10H2,(H2,26,27,28,30). The number of hydrogen-bond donors (Lipinski definition) is 2. The van der Waals surface area contributed by atoms with Gasteiger partial charge in [-0.2, -0.15) is 5.10 Å². The molecule has 1 fully saturated rings. The monoisotopic (exact) mass is 458 g/mol. The van der Waals surface area contributed by atoms with Crippen LogP contribution in [-0.2, 0) is 0 Å². The highest BCUT2D eigenvalue weighted by Crippen LogP contribution is 2.28. The third-order valence-electron chi connectivity index (χ3n) is 4.74. The van der Waals surface area contributed by atoms with Crippen molar-refractivity contribution < 1.29 is 27.8 Å². The molecule has 1 aromatic carbocycles. The maximum absolute atomic E-state index is 13.0. The van der Waals surface area contributed by atoms with E-state index in [4.69, 9.17) is 9.47 Å². The molecule has 172 valence electrons. The Hall–Kier alpha value is -4.09. The Balaban J connectivity index is 1.55. The minimum Gasteiger partial charge on any atom is -0.485 e. The summed E-state index contributed by atoms with van der Waals surface area (Å²) < 4.78 is 36.9. The van der Waals surface area contributed by atoms with Gasteiger partial charge in [-0.25, -0.2) is 18.7 Å². The molecule has 10 nitrogen and oxygen atoms in total. The molecule has 3 heterocycles. The minimum absolute atomic E-state index is 0.0255. The summed E-state index contributed by atoms with van der Waals surface area (Å²) in [5.74, 6) is -0.275. The molecule has 0 aliphatic carbocycles. The highest BCUT2D eigenvalue weighted by Gasteiger charge is 2.23. The number of likely N-dealkylation sites (tertiary alicyclic amines) is 1. The average Bonchev–Trinajstić information content (AvgIpc) is 3.29. The molecule has 0 unspecified atom stereocenters. The lowest BCUT2D eigenvalue weighted by molar-refractivity contribution is 0.0645. The van der Waals surface area contributed by atoms with E-state index in [0.29, 0.717) is 13.1 Å². The predicted molar refractivity (Wildman–Crippen MR) is 112 cm³/mol. The van der Waals surface area contributed by atoms with Crippen molar-refractivity contribution in [3.05, 3.63) is 54.1 Å². The summed E-state index contributed by atoms with van der Waals surface area (Å²) >= 11 is 0. The molecule has 0 atom stereocenters. The number of aromatic amines is 1. The van der Waals surface area contributed by atoms with Gasteiger partial charge >= 0.3 is 0 Å². The van der Waals surface area contributed by atoms with Crippen LogP contribution < -0.4 is 14.8 Å². The van der Waals surface area contributed by atoms with E-state index in [0.717, 1.165) is 6.42 Å². The van der Waals surface area contributed by atoms with E-state index in [1.165, 1.54) is 36.8 Å². The first kappa shape index (κ1) is 22.1. The number of ether oxygens (including phenoxy) is 2. The number of carbonyl (C=O) groups excluding carboxylic acids is 2. The molecule has 2 aromatic heterocycles. The van der Waals surface area contributed by atoms with Gasteiger partial charge in [-0.3, -0.25) is 14.7 Å². The van der Waals surface area contributed by atoms with Crippen molar-refractivity contribution in [1.29, 1.82) is 0 Å². The van der Waals surface area contributed by atoms with Gasteiger partial charge in [0.15, 0.2) is 11.9 Å². The summed E-state index contributed by atoms with van der Waals surface area (Å²) in [5, 5.41) is 8.99. The zero-order valence-electron chi connectivity index (χ0n) is 17.3. The summed E-state index contributed by atoms with van der Waals surface area (Å²) in [4.78, 5) is 34.6. The molecule has 0 radical (unpaired) electrons. The number of halogens is 2. The van der Waals surface area contributed by atoms with Gasteiger partial charge in [0, 0.05) is 37.0 Å². The van der Waals surface area contributed by atoms with Crippen LogP contribution in [0.5, 0.6) is 17.4 Å². The molecule has 1 aliphatic rings. The third kappa shape index (κ3) is 5.40. The van der Waals surface area contributed by atoms with Crippen LogP contribution in [-0.4, -0.2) is 69.4 Å². The summed E-state index contributed by atoms with van der Waals surface area (Å²) in [5.41, 5.74) is 0.284. The first-order valence-electron chi connectivity index (χ1n) is 10.1. The van der Waals surface area contributed by atoms with E-state index in [1.54, 1.807) is 11.0 Å². The number of rotatable bonds is 9. The van der Waals surface area contributed by atoms with E-state index >= 15 is 0 Å². The number of hydrogen-bond acceptors (Lipinski definition) is 7. The van der Waals surface area contributed by atoms with E-state index in [-0.39, 0.29) is 40.4 Å². The molecule has 0 spiro atoms. The van der Waals surface area contributed by atoms with Crippen LogP contribution in [0.3, 0.4) is 0 Å². The largest absolute Gasteiger partial charge is 0.485 e. The highest BCUT2D eigenvalue weighted by molar-refractivity contribution is 6.04. The second-order valence-electron chi connectivity index (χ2n) is 7.14. The lowest BCUT2D eigenvalue weighted by atomic mass is 10.2. The number of H-pyrrole nitrogens is 1. The van der Waals surface area contributed by atoms with E-state index < -0.39 is 25.4 Å². The number of nitrogens with zero attached hydrogens (tertiary/aromatic N) is 4. The molecular formula is C21H20F2N6O4. The highest BCUT2D eigenvalue weighted by atomic mass is 19.1. The maximum Gasteiger partial charge on any atom is 0.274 e. The van der Waals surface area contributed by atoms with Crippen LogP contribution in [0.2, 0.25) is 0 Å². The van der Waals surface area contributed by atoms with Crippen LogP contribution in [0.4, 0.5) is 14.6 Å². The Morgan fingerprint density at radius 1 is 1.12 bits per heavy atom. The van der Waals surface area contributed by atoms with Crippen LogP contribution in [0.25, 0.3) is 0 Å². The van der Waals surface area contributed by atoms with E-state index in [9.17, 15) is 18.4 Å². The number of carbonyl (C=O) groups is 2. The maximum atomic E-state index is 13.0. The molecule has 0 bridgehead atoms. The molecule has 2 amide bonds. The zero-order valence-corrected chi connectivity index (χ0v) is 17.3. The van der Waals surface area contributed by atoms with Gasteiger partial charge in [0.05, 0.1) is 12.4 Å². The van der Waals surface area contributed by atoms with Crippen molar-refractivity contribution in [2.75, 3.05) is 31.8 Å². The summed E-state index contributed by atoms with van der Waals surface area (Å²) in [6.07, 6.45) is 3.74. The first-order valence-corrected chi connectivity index (χ1v) is 10.1. The van der Waals surface area contributed by atoms with Gasteiger partial charge in [0.25, 0.3) is 11.8 Å². The van der Waals surface area contributed by atoms with E-state index in [2.05, 4.69) is 25.5 Å². The lowest BCUT2D eigenvalue weighted by Crippen LogP contribution is -2.42.